The molecule has 2 nitrogen and oxygen atoms in total. The molecular weight excluding hydrogens is 114 g/mol. The van der Waals surface area contributed by atoms with Crippen LogP contribution in [0.3, 0.4) is 0 Å². The Kier molecular flexibility index (Phi) is 1.70. The van der Waals surface area contributed by atoms with Crippen LogP contribution in [0.1, 0.15) is 6.99 Å². The van der Waals surface area contributed by atoms with Crippen molar-refractivity contribution in [2.24, 2.45) is 0 Å². The van der Waals surface area contributed by atoms with Gasteiger partial charge < -0.3 is 10.8 Å². The van der Waals surface area contributed by atoms with Crippen molar-refractivity contribution in [3.8, 4) is 0 Å². The fraction of sp³-hybridized carbons (Fsp3) is 0.143. The van der Waals surface area contributed by atoms with E-state index >= 15 is 0 Å². The Bertz CT molecular complexity index is 185. The van der Waals surface area contributed by atoms with Gasteiger partial charge in [0.15, 0.2) is 0 Å². The van der Waals surface area contributed by atoms with Gasteiger partial charge in [0.25, 0.3) is 0 Å². The first-order valence-corrected chi connectivity index (χ1v) is 2.78. The summed E-state index contributed by atoms with van der Waals surface area (Å²) in [5, 5.41) is 8.59. The van der Waals surface area contributed by atoms with Gasteiger partial charge in [-0.05, 0) is 17.7 Å². The predicted octanol–water partition coefficient (Wildman–Crippen LogP) is 1.01. The summed E-state index contributed by atoms with van der Waals surface area (Å²) in [4.78, 5) is 0. The minimum atomic E-state index is 0. The van der Waals surface area contributed by atoms with Crippen LogP contribution in [0.4, 0.5) is 5.69 Å². The van der Waals surface area contributed by atoms with E-state index in [0.717, 1.165) is 11.3 Å². The highest BCUT2D eigenvalue weighted by atomic mass is 16.3. The van der Waals surface area contributed by atoms with E-state index in [0.29, 0.717) is 0 Å². The number of rotatable bonds is 1. The number of anilines is 1. The van der Waals surface area contributed by atoms with Crippen molar-refractivity contribution in [1.29, 1.82) is 0 Å². The van der Waals surface area contributed by atoms with Crippen molar-refractivity contribution < 1.29 is 6.53 Å². The van der Waals surface area contributed by atoms with Crippen molar-refractivity contribution in [1.82, 2.24) is 0 Å². The summed E-state index contributed by atoms with van der Waals surface area (Å²) in [6, 6.07) is 7.14. The van der Waals surface area contributed by atoms with Gasteiger partial charge in [0.05, 0.1) is 6.61 Å². The predicted molar refractivity (Wildman–Crippen MR) is 38.9 cm³/mol. The number of aliphatic hydroxyl groups is 1. The lowest BCUT2D eigenvalue weighted by Gasteiger charge is -1.94. The second-order valence-electron chi connectivity index (χ2n) is 1.90. The molecule has 0 heterocycles. The normalized spacial score (nSPS) is 9.44. The highest BCUT2D eigenvalue weighted by Crippen LogP contribution is 2.03. The molecule has 0 aliphatic heterocycles. The maximum absolute atomic E-state index is 8.59. The molecule has 2 heteroatoms. The summed E-state index contributed by atoms with van der Waals surface area (Å²) >= 11 is 0. The van der Waals surface area contributed by atoms with Crippen molar-refractivity contribution in [2.45, 2.75) is 6.61 Å². The second kappa shape index (κ2) is 2.51. The lowest BCUT2D eigenvalue weighted by molar-refractivity contribution is 0.282. The van der Waals surface area contributed by atoms with E-state index in [1.807, 2.05) is 0 Å². The van der Waals surface area contributed by atoms with Crippen molar-refractivity contribution >= 4 is 5.69 Å². The summed E-state index contributed by atoms with van der Waals surface area (Å²) in [6.07, 6.45) is 0. The molecule has 0 radical (unpaired) electrons. The first-order chi connectivity index (χ1) is 4.33. The second-order valence-corrected chi connectivity index (χ2v) is 1.90. The van der Waals surface area contributed by atoms with Crippen molar-refractivity contribution in [3.05, 3.63) is 29.8 Å². The summed E-state index contributed by atoms with van der Waals surface area (Å²) in [5.41, 5.74) is 7.02. The van der Waals surface area contributed by atoms with E-state index < -0.39 is 0 Å². The average molecular weight is 125 g/mol. The summed E-state index contributed by atoms with van der Waals surface area (Å²) in [7, 11) is 0. The average Bonchev–Trinajstić information content (AvgIpc) is 1.90. The highest BCUT2D eigenvalue weighted by molar-refractivity contribution is 5.38. The third-order valence-corrected chi connectivity index (χ3v) is 1.16. The first-order valence-electron chi connectivity index (χ1n) is 2.78. The van der Waals surface area contributed by atoms with Crippen LogP contribution in [0.2, 0.25) is 0 Å². The summed E-state index contributed by atoms with van der Waals surface area (Å²) in [6.45, 7) is 0.0836. The summed E-state index contributed by atoms with van der Waals surface area (Å²) < 4.78 is 0. The molecular formula is C7H11NO. The van der Waals surface area contributed by atoms with E-state index in [2.05, 4.69) is 0 Å². The number of nitrogens with two attached hydrogens (primary N) is 1. The Labute approximate surface area is 55.4 Å². The van der Waals surface area contributed by atoms with Gasteiger partial charge in [-0.3, -0.25) is 0 Å². The van der Waals surface area contributed by atoms with Crippen LogP contribution in [0.15, 0.2) is 24.3 Å². The van der Waals surface area contributed by atoms with Crippen molar-refractivity contribution in [3.63, 3.8) is 0 Å². The molecule has 0 amide bonds. The topological polar surface area (TPSA) is 46.2 Å². The van der Waals surface area contributed by atoms with Crippen LogP contribution >= 0.6 is 0 Å². The molecule has 0 atom stereocenters. The minimum absolute atomic E-state index is 0. The Hall–Kier alpha value is -1.02. The zero-order chi connectivity index (χ0) is 6.69. The molecule has 0 saturated heterocycles. The SMILES string of the molecule is Nc1ccc(CO)cc1.[HH]. The molecule has 9 heavy (non-hydrogen) atoms. The highest BCUT2D eigenvalue weighted by Gasteiger charge is 1.86. The molecule has 0 aliphatic rings. The fourth-order valence-electron chi connectivity index (χ4n) is 0.623. The van der Waals surface area contributed by atoms with Gasteiger partial charge in [0.2, 0.25) is 0 Å². The van der Waals surface area contributed by atoms with Gasteiger partial charge in [-0.25, -0.2) is 0 Å². The molecule has 0 aliphatic carbocycles. The number of hydrogen-bond donors (Lipinski definition) is 2. The molecule has 50 valence electrons. The zero-order valence-electron chi connectivity index (χ0n) is 5.04. The molecule has 0 aromatic heterocycles. The van der Waals surface area contributed by atoms with Crippen LogP contribution in [0, 0.1) is 0 Å². The van der Waals surface area contributed by atoms with Crippen LogP contribution in [0.25, 0.3) is 0 Å². The minimum Gasteiger partial charge on any atom is -0.399 e. The third-order valence-electron chi connectivity index (χ3n) is 1.16. The molecule has 0 spiro atoms. The van der Waals surface area contributed by atoms with Gasteiger partial charge in [-0.15, -0.1) is 0 Å². The first kappa shape index (κ1) is 6.11. The standard InChI is InChI=1S/C7H9NO.H2/c8-7-3-1-6(5-9)2-4-7;/h1-4,9H,5,8H2;1H. The van der Waals surface area contributed by atoms with E-state index in [4.69, 9.17) is 10.8 Å². The Morgan fingerprint density at radius 2 is 1.89 bits per heavy atom. The monoisotopic (exact) mass is 125 g/mol. The fourth-order valence-corrected chi connectivity index (χ4v) is 0.623. The number of hydrogen-bond acceptors (Lipinski definition) is 2. The van der Waals surface area contributed by atoms with Gasteiger partial charge in [-0.2, -0.15) is 0 Å². The maximum atomic E-state index is 8.59. The van der Waals surface area contributed by atoms with E-state index in [1.54, 1.807) is 24.3 Å². The summed E-state index contributed by atoms with van der Waals surface area (Å²) in [5.74, 6) is 0. The quantitative estimate of drug-likeness (QED) is 0.550. The number of benzene rings is 1. The van der Waals surface area contributed by atoms with Gasteiger partial charge in [-0.1, -0.05) is 12.1 Å². The molecule has 0 bridgehead atoms. The van der Waals surface area contributed by atoms with Gasteiger partial charge in [0, 0.05) is 7.11 Å². The lowest BCUT2D eigenvalue weighted by Crippen LogP contribution is -1.85. The van der Waals surface area contributed by atoms with Crippen LogP contribution in [-0.2, 0) is 6.61 Å². The van der Waals surface area contributed by atoms with E-state index in [-0.39, 0.29) is 8.03 Å². The third kappa shape index (κ3) is 1.44. The van der Waals surface area contributed by atoms with Crippen LogP contribution in [0.5, 0.6) is 0 Å². The Morgan fingerprint density at radius 3 is 2.33 bits per heavy atom. The molecule has 0 unspecified atom stereocenters. The van der Waals surface area contributed by atoms with Gasteiger partial charge in [0.1, 0.15) is 0 Å². The molecule has 3 N–H and O–H groups in total. The lowest BCUT2D eigenvalue weighted by atomic mass is 10.2. The zero-order valence-corrected chi connectivity index (χ0v) is 5.04. The molecule has 0 saturated carbocycles. The number of aliphatic hydroxyl groups excluding tert-OH is 1. The molecule has 1 aromatic rings. The molecule has 0 fully saturated rings. The van der Waals surface area contributed by atoms with Crippen LogP contribution in [-0.4, -0.2) is 5.11 Å². The molecule has 1 aromatic carbocycles. The smallest absolute Gasteiger partial charge is 0.0681 e. The Morgan fingerprint density at radius 1 is 1.33 bits per heavy atom. The van der Waals surface area contributed by atoms with Crippen molar-refractivity contribution in [2.75, 3.05) is 5.73 Å². The molecule has 1 rings (SSSR count). The van der Waals surface area contributed by atoms with E-state index in [1.165, 1.54) is 0 Å². The number of nitrogen functional groups attached to an aromatic ring is 1. The Balaban J connectivity index is 0.000000810. The van der Waals surface area contributed by atoms with Gasteiger partial charge >= 0.3 is 0 Å². The maximum Gasteiger partial charge on any atom is 0.0681 e. The van der Waals surface area contributed by atoms with Crippen LogP contribution < -0.4 is 5.73 Å². The largest absolute Gasteiger partial charge is 0.399 e. The van der Waals surface area contributed by atoms with E-state index in [9.17, 15) is 0 Å².